The van der Waals surface area contributed by atoms with Crippen LogP contribution in [-0.4, -0.2) is 31.6 Å². The molecule has 0 aliphatic carbocycles. The van der Waals surface area contributed by atoms with Crippen molar-refractivity contribution in [2.24, 2.45) is 0 Å². The summed E-state index contributed by atoms with van der Waals surface area (Å²) in [4.78, 5) is 28.7. The number of thioether (sulfide) groups is 1. The number of para-hydroxylation sites is 1. The van der Waals surface area contributed by atoms with Crippen molar-refractivity contribution in [2.45, 2.75) is 11.9 Å². The predicted octanol–water partition coefficient (Wildman–Crippen LogP) is 2.46. The summed E-state index contributed by atoms with van der Waals surface area (Å²) in [5.74, 6) is 1.06. The van der Waals surface area contributed by atoms with Gasteiger partial charge in [0, 0.05) is 17.8 Å². The van der Waals surface area contributed by atoms with Crippen LogP contribution in [-0.2, 0) is 4.79 Å². The largest absolute Gasteiger partial charge is 0.294 e. The fraction of sp³-hybridized carbons (Fsp3) is 0.133. The van der Waals surface area contributed by atoms with Gasteiger partial charge in [0.25, 0.3) is 0 Å². The minimum Gasteiger partial charge on any atom is -0.294 e. The molecular formula is C15H13N5OS. The molecule has 0 spiro atoms. The standard InChI is InChI=1S/C15H13N5OS/c1-10-18-12-6-3-2-5-11(12)14(19-10)22-9-13(21)20-15-16-7-4-8-17-15/h2-8H,9H2,1H3,(H,16,17,20,21). The van der Waals surface area contributed by atoms with Crippen LogP contribution in [0.4, 0.5) is 5.95 Å². The Hall–Kier alpha value is -2.54. The van der Waals surface area contributed by atoms with E-state index in [9.17, 15) is 4.79 Å². The van der Waals surface area contributed by atoms with E-state index in [1.807, 2.05) is 31.2 Å². The van der Waals surface area contributed by atoms with Crippen molar-refractivity contribution in [3.8, 4) is 0 Å². The van der Waals surface area contributed by atoms with Gasteiger partial charge >= 0.3 is 0 Å². The SMILES string of the molecule is Cc1nc(SCC(=O)Nc2ncccn2)c2ccccc2n1. The molecule has 7 heteroatoms. The number of carbonyl (C=O) groups excluding carboxylic acids is 1. The van der Waals surface area contributed by atoms with Gasteiger partial charge in [-0.05, 0) is 19.1 Å². The third kappa shape index (κ3) is 3.37. The number of aromatic nitrogens is 4. The van der Waals surface area contributed by atoms with Crippen molar-refractivity contribution in [1.82, 2.24) is 19.9 Å². The van der Waals surface area contributed by atoms with Crippen molar-refractivity contribution in [1.29, 1.82) is 0 Å². The van der Waals surface area contributed by atoms with Crippen LogP contribution >= 0.6 is 11.8 Å². The summed E-state index contributed by atoms with van der Waals surface area (Å²) < 4.78 is 0. The minimum atomic E-state index is -0.170. The molecule has 0 aliphatic rings. The molecule has 0 radical (unpaired) electrons. The first-order chi connectivity index (χ1) is 10.7. The van der Waals surface area contributed by atoms with Gasteiger partial charge in [-0.3, -0.25) is 10.1 Å². The van der Waals surface area contributed by atoms with E-state index in [2.05, 4.69) is 25.3 Å². The molecular weight excluding hydrogens is 298 g/mol. The molecule has 0 aliphatic heterocycles. The molecule has 0 fully saturated rings. The van der Waals surface area contributed by atoms with Crippen molar-refractivity contribution >= 4 is 34.5 Å². The molecule has 3 aromatic rings. The van der Waals surface area contributed by atoms with E-state index < -0.39 is 0 Å². The first-order valence-corrected chi connectivity index (χ1v) is 7.64. The second-order valence-corrected chi connectivity index (χ2v) is 5.47. The molecule has 3 rings (SSSR count). The maximum absolute atomic E-state index is 12.0. The van der Waals surface area contributed by atoms with Gasteiger partial charge < -0.3 is 0 Å². The van der Waals surface area contributed by atoms with E-state index in [0.717, 1.165) is 15.9 Å². The van der Waals surface area contributed by atoms with E-state index in [-0.39, 0.29) is 11.7 Å². The first kappa shape index (κ1) is 14.4. The van der Waals surface area contributed by atoms with Crippen LogP contribution in [0.25, 0.3) is 10.9 Å². The maximum atomic E-state index is 12.0. The number of rotatable bonds is 4. The topological polar surface area (TPSA) is 80.7 Å². The summed E-state index contributed by atoms with van der Waals surface area (Å²) in [6.45, 7) is 1.84. The van der Waals surface area contributed by atoms with E-state index in [4.69, 9.17) is 0 Å². The van der Waals surface area contributed by atoms with Crippen LogP contribution in [0.2, 0.25) is 0 Å². The van der Waals surface area contributed by atoms with E-state index in [1.54, 1.807) is 18.5 Å². The molecule has 0 unspecified atom stereocenters. The Morgan fingerprint density at radius 3 is 2.73 bits per heavy atom. The predicted molar refractivity (Wildman–Crippen MR) is 85.7 cm³/mol. The summed E-state index contributed by atoms with van der Waals surface area (Å²) in [5, 5.41) is 4.39. The molecule has 2 heterocycles. The summed E-state index contributed by atoms with van der Waals surface area (Å²) >= 11 is 1.37. The number of fused-ring (bicyclic) bond motifs is 1. The van der Waals surface area contributed by atoms with Gasteiger partial charge in [0.15, 0.2) is 0 Å². The Morgan fingerprint density at radius 2 is 1.91 bits per heavy atom. The number of carbonyl (C=O) groups is 1. The second-order valence-electron chi connectivity index (χ2n) is 4.50. The van der Waals surface area contributed by atoms with E-state index >= 15 is 0 Å². The molecule has 1 N–H and O–H groups in total. The van der Waals surface area contributed by atoms with Gasteiger partial charge in [0.05, 0.1) is 11.3 Å². The normalized spacial score (nSPS) is 10.6. The second kappa shape index (κ2) is 6.48. The Balaban J connectivity index is 1.72. The summed E-state index contributed by atoms with van der Waals surface area (Å²) in [7, 11) is 0. The average Bonchev–Trinajstić information content (AvgIpc) is 2.53. The van der Waals surface area contributed by atoms with Gasteiger partial charge in [-0.2, -0.15) is 0 Å². The highest BCUT2D eigenvalue weighted by Gasteiger charge is 2.10. The zero-order valence-electron chi connectivity index (χ0n) is 11.9. The van der Waals surface area contributed by atoms with Crippen LogP contribution in [0.1, 0.15) is 5.82 Å². The monoisotopic (exact) mass is 311 g/mol. The molecule has 6 nitrogen and oxygen atoms in total. The minimum absolute atomic E-state index is 0.170. The number of hydrogen-bond acceptors (Lipinski definition) is 6. The molecule has 0 bridgehead atoms. The Bertz CT molecular complexity index is 809. The van der Waals surface area contributed by atoms with E-state index in [0.29, 0.717) is 11.8 Å². The lowest BCUT2D eigenvalue weighted by molar-refractivity contribution is -0.113. The molecule has 110 valence electrons. The highest BCUT2D eigenvalue weighted by molar-refractivity contribution is 8.00. The van der Waals surface area contributed by atoms with Crippen LogP contribution < -0.4 is 5.32 Å². The highest BCUT2D eigenvalue weighted by atomic mass is 32.2. The first-order valence-electron chi connectivity index (χ1n) is 6.65. The number of anilines is 1. The summed E-state index contributed by atoms with van der Waals surface area (Å²) in [6.07, 6.45) is 3.16. The summed E-state index contributed by atoms with van der Waals surface area (Å²) in [5.41, 5.74) is 0.879. The molecule has 1 amide bonds. The fourth-order valence-corrected chi connectivity index (χ4v) is 2.79. The number of hydrogen-bond donors (Lipinski definition) is 1. The van der Waals surface area contributed by atoms with Crippen molar-refractivity contribution < 1.29 is 4.79 Å². The van der Waals surface area contributed by atoms with Crippen LogP contribution in [0.3, 0.4) is 0 Å². The molecule has 22 heavy (non-hydrogen) atoms. The average molecular weight is 311 g/mol. The Kier molecular flexibility index (Phi) is 4.24. The van der Waals surface area contributed by atoms with Gasteiger partial charge in [-0.1, -0.05) is 30.0 Å². The van der Waals surface area contributed by atoms with Crippen LogP contribution in [0.15, 0.2) is 47.8 Å². The number of aryl methyl sites for hydroxylation is 1. The van der Waals surface area contributed by atoms with Crippen molar-refractivity contribution in [2.75, 3.05) is 11.1 Å². The van der Waals surface area contributed by atoms with E-state index in [1.165, 1.54) is 11.8 Å². The molecule has 0 saturated carbocycles. The third-order valence-electron chi connectivity index (χ3n) is 2.84. The van der Waals surface area contributed by atoms with Gasteiger partial charge in [-0.25, -0.2) is 19.9 Å². The third-order valence-corrected chi connectivity index (χ3v) is 3.83. The lowest BCUT2D eigenvalue weighted by atomic mass is 10.2. The Labute approximate surface area is 131 Å². The van der Waals surface area contributed by atoms with Gasteiger partial charge in [0.1, 0.15) is 10.9 Å². The molecule has 0 atom stereocenters. The Morgan fingerprint density at radius 1 is 1.14 bits per heavy atom. The number of amides is 1. The lowest BCUT2D eigenvalue weighted by Gasteiger charge is -2.06. The molecule has 1 aromatic carbocycles. The van der Waals surface area contributed by atoms with Gasteiger partial charge in [-0.15, -0.1) is 0 Å². The fourth-order valence-electron chi connectivity index (χ4n) is 1.93. The van der Waals surface area contributed by atoms with Gasteiger partial charge in [0.2, 0.25) is 11.9 Å². The zero-order valence-corrected chi connectivity index (χ0v) is 12.7. The number of nitrogens with one attached hydrogen (secondary N) is 1. The highest BCUT2D eigenvalue weighted by Crippen LogP contribution is 2.25. The zero-order chi connectivity index (χ0) is 15.4. The van der Waals surface area contributed by atoms with Crippen molar-refractivity contribution in [3.63, 3.8) is 0 Å². The van der Waals surface area contributed by atoms with Crippen LogP contribution in [0.5, 0.6) is 0 Å². The quantitative estimate of drug-likeness (QED) is 0.589. The number of benzene rings is 1. The number of nitrogens with zero attached hydrogens (tertiary/aromatic N) is 4. The molecule has 2 aromatic heterocycles. The maximum Gasteiger partial charge on any atom is 0.237 e. The van der Waals surface area contributed by atoms with Crippen molar-refractivity contribution in [3.05, 3.63) is 48.5 Å². The lowest BCUT2D eigenvalue weighted by Crippen LogP contribution is -2.16. The smallest absolute Gasteiger partial charge is 0.237 e. The molecule has 0 saturated heterocycles. The van der Waals surface area contributed by atoms with Crippen LogP contribution in [0, 0.1) is 6.92 Å². The summed E-state index contributed by atoms with van der Waals surface area (Å²) in [6, 6.07) is 9.45.